The molecular formula is C21H24FN7O4. The number of likely N-dealkylation sites (tertiary alicyclic amines) is 1. The lowest BCUT2D eigenvalue weighted by molar-refractivity contribution is -0.148. The lowest BCUT2D eigenvalue weighted by atomic mass is 9.96. The summed E-state index contributed by atoms with van der Waals surface area (Å²) in [5, 5.41) is 0. The topological polar surface area (TPSA) is 149 Å². The van der Waals surface area contributed by atoms with Gasteiger partial charge in [-0.25, -0.2) is 19.2 Å². The molecule has 0 radical (unpaired) electrons. The molecular weight excluding hydrogens is 433 g/mol. The first-order valence-electron chi connectivity index (χ1n) is 10.3. The Morgan fingerprint density at radius 3 is 2.52 bits per heavy atom. The Morgan fingerprint density at radius 2 is 1.88 bits per heavy atom. The summed E-state index contributed by atoms with van der Waals surface area (Å²) in [6, 6.07) is 4.69. The zero-order valence-electron chi connectivity index (χ0n) is 18.0. The van der Waals surface area contributed by atoms with Gasteiger partial charge in [0.05, 0.1) is 12.0 Å². The molecule has 0 atom stereocenters. The minimum Gasteiger partial charge on any atom is -0.443 e. The highest BCUT2D eigenvalue weighted by molar-refractivity contribution is 5.87. The molecule has 2 fully saturated rings. The number of aromatic nitrogens is 2. The number of carbonyl (C=O) groups is 2. The van der Waals surface area contributed by atoms with Crippen LogP contribution in [0.4, 0.5) is 15.1 Å². The lowest BCUT2D eigenvalue weighted by Crippen LogP contribution is -2.61. The number of ether oxygens (including phenoxy) is 2. The first kappa shape index (κ1) is 22.4. The highest BCUT2D eigenvalue weighted by Gasteiger charge is 2.40. The molecule has 12 heteroatoms. The fourth-order valence-corrected chi connectivity index (χ4v) is 3.64. The van der Waals surface area contributed by atoms with Crippen molar-refractivity contribution in [3.63, 3.8) is 0 Å². The molecule has 11 nitrogen and oxygen atoms in total. The number of halogens is 1. The smallest absolute Gasteiger partial charge is 0.437 e. The van der Waals surface area contributed by atoms with Crippen LogP contribution in [0.1, 0.15) is 5.56 Å². The van der Waals surface area contributed by atoms with Gasteiger partial charge in [0.25, 0.3) is 0 Å². The Bertz CT molecular complexity index is 1060. The summed E-state index contributed by atoms with van der Waals surface area (Å²) in [5.41, 5.74) is 11.1. The summed E-state index contributed by atoms with van der Waals surface area (Å²) < 4.78 is 25.0. The van der Waals surface area contributed by atoms with Gasteiger partial charge in [-0.3, -0.25) is 4.79 Å². The number of nitrogens with zero attached hydrogens (tertiary/aromatic N) is 5. The molecule has 33 heavy (non-hydrogen) atoms. The van der Waals surface area contributed by atoms with Crippen LogP contribution in [0.15, 0.2) is 35.6 Å². The van der Waals surface area contributed by atoms with Crippen molar-refractivity contribution in [2.75, 3.05) is 38.2 Å². The van der Waals surface area contributed by atoms with Crippen molar-refractivity contribution in [3.05, 3.63) is 42.0 Å². The van der Waals surface area contributed by atoms with Gasteiger partial charge in [-0.05, 0) is 0 Å². The number of carbonyl (C=O) groups excluding carboxylic acids is 2. The predicted molar refractivity (Wildman–Crippen MR) is 117 cm³/mol. The van der Waals surface area contributed by atoms with Gasteiger partial charge in [-0.1, -0.05) is 18.2 Å². The molecule has 0 aliphatic carbocycles. The molecule has 174 valence electrons. The van der Waals surface area contributed by atoms with Gasteiger partial charge in [0.15, 0.2) is 5.96 Å². The van der Waals surface area contributed by atoms with E-state index in [0.717, 1.165) is 0 Å². The van der Waals surface area contributed by atoms with Crippen LogP contribution in [0.25, 0.3) is 11.1 Å². The Balaban J connectivity index is 1.35. The van der Waals surface area contributed by atoms with Gasteiger partial charge in [-0.2, -0.15) is 0 Å². The minimum absolute atomic E-state index is 0.0816. The van der Waals surface area contributed by atoms with Gasteiger partial charge < -0.3 is 30.7 Å². The second-order valence-corrected chi connectivity index (χ2v) is 7.84. The van der Waals surface area contributed by atoms with E-state index in [0.29, 0.717) is 37.7 Å². The van der Waals surface area contributed by atoms with Crippen molar-refractivity contribution in [3.8, 4) is 11.1 Å². The molecule has 1 aromatic heterocycles. The number of anilines is 1. The summed E-state index contributed by atoms with van der Waals surface area (Å²) in [4.78, 5) is 39.4. The van der Waals surface area contributed by atoms with E-state index >= 15 is 0 Å². The third-order valence-corrected chi connectivity index (χ3v) is 5.61. The second kappa shape index (κ2) is 9.36. The SMILES string of the molecule is COC1CN(C(=O)C2CN(c3ncc(-c4cccc(COC(=O)N=C(N)N)c4F)cn3)C2)C1. The van der Waals surface area contributed by atoms with E-state index in [1.54, 1.807) is 24.1 Å². The fourth-order valence-electron chi connectivity index (χ4n) is 3.64. The van der Waals surface area contributed by atoms with Gasteiger partial charge in [0.1, 0.15) is 12.4 Å². The quantitative estimate of drug-likeness (QED) is 0.467. The molecule has 2 aliphatic heterocycles. The zero-order valence-corrected chi connectivity index (χ0v) is 18.0. The number of hydrogen-bond donors (Lipinski definition) is 2. The number of methoxy groups -OCH3 is 1. The number of hydrogen-bond acceptors (Lipinski definition) is 7. The van der Waals surface area contributed by atoms with E-state index in [2.05, 4.69) is 15.0 Å². The van der Waals surface area contributed by atoms with Gasteiger partial charge >= 0.3 is 6.09 Å². The predicted octanol–water partition coefficient (Wildman–Crippen LogP) is 0.486. The maximum Gasteiger partial charge on any atom is 0.437 e. The molecule has 0 saturated carbocycles. The standard InChI is InChI=1S/C21H24FN7O4/c1-32-15-9-28(10-15)18(30)14-7-29(8-14)20-25-5-13(6-26-20)16-4-2-3-12(17(16)22)11-33-21(31)27-19(23)24/h2-6,14-15H,7-11H2,1H3,(H4,23,24,27,31). The van der Waals surface area contributed by atoms with Crippen LogP contribution in [-0.4, -0.2) is 72.2 Å². The lowest BCUT2D eigenvalue weighted by Gasteiger charge is -2.45. The summed E-state index contributed by atoms with van der Waals surface area (Å²) in [5.74, 6) is -0.490. The molecule has 2 saturated heterocycles. The summed E-state index contributed by atoms with van der Waals surface area (Å²) in [6.07, 6.45) is 2.16. The fraction of sp³-hybridized carbons (Fsp3) is 0.381. The average Bonchev–Trinajstić information content (AvgIpc) is 2.71. The maximum atomic E-state index is 14.9. The van der Waals surface area contributed by atoms with Crippen molar-refractivity contribution in [2.24, 2.45) is 22.4 Å². The van der Waals surface area contributed by atoms with E-state index in [-0.39, 0.29) is 35.7 Å². The molecule has 4 rings (SSSR count). The molecule has 0 bridgehead atoms. The molecule has 0 unspecified atom stereocenters. The third-order valence-electron chi connectivity index (χ3n) is 5.61. The zero-order chi connectivity index (χ0) is 23.5. The van der Waals surface area contributed by atoms with Crippen LogP contribution in [-0.2, 0) is 20.9 Å². The van der Waals surface area contributed by atoms with Crippen LogP contribution in [0.5, 0.6) is 0 Å². The van der Waals surface area contributed by atoms with Crippen molar-refractivity contribution in [2.45, 2.75) is 12.7 Å². The molecule has 2 amide bonds. The average molecular weight is 457 g/mol. The van der Waals surface area contributed by atoms with Gasteiger partial charge in [0.2, 0.25) is 11.9 Å². The van der Waals surface area contributed by atoms with E-state index in [9.17, 15) is 14.0 Å². The highest BCUT2D eigenvalue weighted by Crippen LogP contribution is 2.28. The monoisotopic (exact) mass is 457 g/mol. The van der Waals surface area contributed by atoms with E-state index in [4.69, 9.17) is 20.9 Å². The molecule has 3 heterocycles. The van der Waals surface area contributed by atoms with Crippen molar-refractivity contribution in [1.29, 1.82) is 0 Å². The Labute approximate surface area is 189 Å². The number of nitrogens with two attached hydrogens (primary N) is 2. The minimum atomic E-state index is -1.01. The summed E-state index contributed by atoms with van der Waals surface area (Å²) in [7, 11) is 1.64. The third kappa shape index (κ3) is 4.85. The van der Waals surface area contributed by atoms with Crippen LogP contribution in [0.2, 0.25) is 0 Å². The number of amides is 2. The van der Waals surface area contributed by atoms with Crippen LogP contribution in [0.3, 0.4) is 0 Å². The molecule has 2 aliphatic rings. The molecule has 0 spiro atoms. The first-order valence-corrected chi connectivity index (χ1v) is 10.3. The number of benzene rings is 1. The summed E-state index contributed by atoms with van der Waals surface area (Å²) >= 11 is 0. The normalized spacial score (nSPS) is 16.1. The van der Waals surface area contributed by atoms with Crippen LogP contribution >= 0.6 is 0 Å². The van der Waals surface area contributed by atoms with Crippen molar-refractivity contribution < 1.29 is 23.5 Å². The molecule has 2 aromatic rings. The maximum absolute atomic E-state index is 14.9. The molecule has 4 N–H and O–H groups in total. The first-order chi connectivity index (χ1) is 15.9. The largest absolute Gasteiger partial charge is 0.443 e. The van der Waals surface area contributed by atoms with Crippen molar-refractivity contribution in [1.82, 2.24) is 14.9 Å². The second-order valence-electron chi connectivity index (χ2n) is 7.84. The Kier molecular flexibility index (Phi) is 6.36. The van der Waals surface area contributed by atoms with Crippen molar-refractivity contribution >= 4 is 23.9 Å². The highest BCUT2D eigenvalue weighted by atomic mass is 19.1. The van der Waals surface area contributed by atoms with Crippen LogP contribution < -0.4 is 16.4 Å². The van der Waals surface area contributed by atoms with Gasteiger partial charge in [-0.15, -0.1) is 4.99 Å². The van der Waals surface area contributed by atoms with Gasteiger partial charge in [0, 0.05) is 62.4 Å². The van der Waals surface area contributed by atoms with E-state index in [1.165, 1.54) is 18.5 Å². The van der Waals surface area contributed by atoms with E-state index in [1.807, 2.05) is 4.90 Å². The molecule has 1 aromatic carbocycles. The summed E-state index contributed by atoms with van der Waals surface area (Å²) in [6.45, 7) is 2.01. The van der Waals surface area contributed by atoms with E-state index < -0.39 is 17.9 Å². The number of guanidine groups is 1. The number of rotatable bonds is 6. The van der Waals surface area contributed by atoms with Crippen LogP contribution in [0, 0.1) is 11.7 Å². The Morgan fingerprint density at radius 1 is 1.18 bits per heavy atom. The Hall–Kier alpha value is -3.80. The number of aliphatic imine (C=N–C) groups is 1.